The molecule has 0 aromatic heterocycles. The number of fused-ring (bicyclic) bond motifs is 1. The lowest BCUT2D eigenvalue weighted by Crippen LogP contribution is -2.01. The molecule has 0 saturated carbocycles. The zero-order valence-corrected chi connectivity index (χ0v) is 10.5. The minimum absolute atomic E-state index is 0.327. The van der Waals surface area contributed by atoms with E-state index in [0.29, 0.717) is 5.56 Å². The number of hydrogen-bond donors (Lipinski definition) is 1. The predicted octanol–water partition coefficient (Wildman–Crippen LogP) is 3.76. The molecule has 0 bridgehead atoms. The van der Waals surface area contributed by atoms with Crippen molar-refractivity contribution < 1.29 is 9.90 Å². The molecule has 3 rings (SSSR count). The number of carboxylic acid groups (broad SMARTS) is 1. The fraction of sp³-hybridized carbons (Fsp3) is 0.118. The number of aryl methyl sites for hydroxylation is 1. The maximum absolute atomic E-state index is 10.9. The van der Waals surface area contributed by atoms with Crippen LogP contribution in [0.5, 0.6) is 0 Å². The summed E-state index contributed by atoms with van der Waals surface area (Å²) in [5, 5.41) is 8.93. The first-order valence-electron chi connectivity index (χ1n) is 6.38. The molecule has 0 fully saturated rings. The topological polar surface area (TPSA) is 37.3 Å². The van der Waals surface area contributed by atoms with Gasteiger partial charge in [-0.05, 0) is 47.2 Å². The van der Waals surface area contributed by atoms with Gasteiger partial charge in [0.15, 0.2) is 0 Å². The van der Waals surface area contributed by atoms with E-state index in [9.17, 15) is 4.79 Å². The molecule has 19 heavy (non-hydrogen) atoms. The summed E-state index contributed by atoms with van der Waals surface area (Å²) < 4.78 is 0. The predicted molar refractivity (Wildman–Crippen MR) is 75.2 cm³/mol. The van der Waals surface area contributed by atoms with E-state index in [-0.39, 0.29) is 0 Å². The van der Waals surface area contributed by atoms with Crippen molar-refractivity contribution in [3.8, 4) is 0 Å². The van der Waals surface area contributed by atoms with Gasteiger partial charge in [0.05, 0.1) is 5.56 Å². The van der Waals surface area contributed by atoms with Gasteiger partial charge >= 0.3 is 5.97 Å². The van der Waals surface area contributed by atoms with E-state index in [1.807, 2.05) is 18.2 Å². The van der Waals surface area contributed by atoms with Crippen LogP contribution in [0.3, 0.4) is 0 Å². The summed E-state index contributed by atoms with van der Waals surface area (Å²) in [4.78, 5) is 10.9. The third-order valence-electron chi connectivity index (χ3n) is 3.51. The molecular formula is C17H14O2. The average Bonchev–Trinajstić information content (AvgIpc) is 2.47. The van der Waals surface area contributed by atoms with Crippen molar-refractivity contribution in [2.45, 2.75) is 12.8 Å². The molecule has 0 saturated heterocycles. The number of carboxylic acids is 1. The highest BCUT2D eigenvalue weighted by Crippen LogP contribution is 2.31. The van der Waals surface area contributed by atoms with Crippen LogP contribution >= 0.6 is 0 Å². The highest BCUT2D eigenvalue weighted by Gasteiger charge is 2.13. The fourth-order valence-electron chi connectivity index (χ4n) is 2.55. The Morgan fingerprint density at radius 2 is 1.74 bits per heavy atom. The second kappa shape index (κ2) is 4.73. The van der Waals surface area contributed by atoms with Crippen LogP contribution in [0.2, 0.25) is 0 Å². The van der Waals surface area contributed by atoms with E-state index in [2.05, 4.69) is 24.3 Å². The number of benzene rings is 2. The molecule has 1 aliphatic carbocycles. The van der Waals surface area contributed by atoms with Crippen LogP contribution in [-0.2, 0) is 6.42 Å². The number of allylic oxidation sites excluding steroid dienone is 1. The molecule has 2 aromatic rings. The van der Waals surface area contributed by atoms with Crippen LogP contribution in [0.4, 0.5) is 0 Å². The molecule has 0 radical (unpaired) electrons. The van der Waals surface area contributed by atoms with Crippen molar-refractivity contribution in [1.29, 1.82) is 0 Å². The summed E-state index contributed by atoms with van der Waals surface area (Å²) in [6.45, 7) is 0. The zero-order valence-electron chi connectivity index (χ0n) is 10.5. The Morgan fingerprint density at radius 1 is 1.00 bits per heavy atom. The molecule has 2 aromatic carbocycles. The zero-order chi connectivity index (χ0) is 13.2. The van der Waals surface area contributed by atoms with Gasteiger partial charge in [0.2, 0.25) is 0 Å². The molecular weight excluding hydrogens is 236 g/mol. The molecule has 0 heterocycles. The molecule has 0 aliphatic heterocycles. The summed E-state index contributed by atoms with van der Waals surface area (Å²) in [7, 11) is 0. The molecule has 94 valence electrons. The van der Waals surface area contributed by atoms with E-state index in [4.69, 9.17) is 5.11 Å². The maximum Gasteiger partial charge on any atom is 0.335 e. The van der Waals surface area contributed by atoms with Crippen LogP contribution in [-0.4, -0.2) is 11.1 Å². The molecule has 1 aliphatic rings. The SMILES string of the molecule is O=C(O)c1ccc(C2=CCCc3ccccc32)cc1. The summed E-state index contributed by atoms with van der Waals surface area (Å²) >= 11 is 0. The molecule has 0 atom stereocenters. The largest absolute Gasteiger partial charge is 0.478 e. The lowest BCUT2D eigenvalue weighted by Gasteiger charge is -2.18. The van der Waals surface area contributed by atoms with E-state index in [1.54, 1.807) is 12.1 Å². The Hall–Kier alpha value is -2.35. The molecule has 2 heteroatoms. The Balaban J connectivity index is 2.03. The van der Waals surface area contributed by atoms with E-state index >= 15 is 0 Å². The van der Waals surface area contributed by atoms with E-state index in [1.165, 1.54) is 16.7 Å². The minimum atomic E-state index is -0.885. The van der Waals surface area contributed by atoms with Crippen molar-refractivity contribution in [2.24, 2.45) is 0 Å². The van der Waals surface area contributed by atoms with Crippen molar-refractivity contribution in [3.63, 3.8) is 0 Å². The first-order chi connectivity index (χ1) is 9.25. The number of aromatic carboxylic acids is 1. The van der Waals surface area contributed by atoms with Crippen molar-refractivity contribution in [2.75, 3.05) is 0 Å². The third-order valence-corrected chi connectivity index (χ3v) is 3.51. The minimum Gasteiger partial charge on any atom is -0.478 e. The van der Waals surface area contributed by atoms with Crippen molar-refractivity contribution in [3.05, 3.63) is 76.9 Å². The first-order valence-corrected chi connectivity index (χ1v) is 6.38. The smallest absolute Gasteiger partial charge is 0.335 e. The molecule has 0 amide bonds. The van der Waals surface area contributed by atoms with Gasteiger partial charge in [-0.3, -0.25) is 0 Å². The Kier molecular flexibility index (Phi) is 2.92. The monoisotopic (exact) mass is 250 g/mol. The van der Waals surface area contributed by atoms with Crippen molar-refractivity contribution >= 4 is 11.5 Å². The number of carbonyl (C=O) groups is 1. The highest BCUT2D eigenvalue weighted by atomic mass is 16.4. The molecule has 2 nitrogen and oxygen atoms in total. The lowest BCUT2D eigenvalue weighted by molar-refractivity contribution is 0.0697. The third kappa shape index (κ3) is 2.17. The van der Waals surface area contributed by atoms with Crippen LogP contribution in [0.15, 0.2) is 54.6 Å². The summed E-state index contributed by atoms with van der Waals surface area (Å²) in [5.74, 6) is -0.885. The normalized spacial score (nSPS) is 13.6. The first kappa shape index (κ1) is 11.7. The fourth-order valence-corrected chi connectivity index (χ4v) is 2.55. The summed E-state index contributed by atoms with van der Waals surface area (Å²) in [6, 6.07) is 15.5. The van der Waals surface area contributed by atoms with Gasteiger partial charge in [0, 0.05) is 0 Å². The number of rotatable bonds is 2. The van der Waals surface area contributed by atoms with Gasteiger partial charge in [-0.1, -0.05) is 42.5 Å². The second-order valence-electron chi connectivity index (χ2n) is 4.70. The number of hydrogen-bond acceptors (Lipinski definition) is 1. The standard InChI is InChI=1S/C17H14O2/c18-17(19)14-10-8-13(9-11-14)16-7-3-5-12-4-1-2-6-15(12)16/h1-2,4,6-11H,3,5H2,(H,18,19). The van der Waals surface area contributed by atoms with E-state index in [0.717, 1.165) is 18.4 Å². The Morgan fingerprint density at radius 3 is 2.47 bits per heavy atom. The summed E-state index contributed by atoms with van der Waals surface area (Å²) in [5.41, 5.74) is 5.24. The Bertz CT molecular complexity index is 651. The molecule has 0 spiro atoms. The second-order valence-corrected chi connectivity index (χ2v) is 4.70. The van der Waals surface area contributed by atoms with Crippen LogP contribution in [0.1, 0.15) is 33.5 Å². The van der Waals surface area contributed by atoms with Gasteiger partial charge in [-0.2, -0.15) is 0 Å². The Labute approximate surface area is 112 Å². The quantitative estimate of drug-likeness (QED) is 0.881. The van der Waals surface area contributed by atoms with E-state index < -0.39 is 5.97 Å². The lowest BCUT2D eigenvalue weighted by atomic mass is 9.87. The van der Waals surface area contributed by atoms with Gasteiger partial charge in [0.1, 0.15) is 0 Å². The van der Waals surface area contributed by atoms with Gasteiger partial charge < -0.3 is 5.11 Å². The van der Waals surface area contributed by atoms with Gasteiger partial charge in [-0.15, -0.1) is 0 Å². The molecule has 0 unspecified atom stereocenters. The average molecular weight is 250 g/mol. The van der Waals surface area contributed by atoms with Crippen LogP contribution in [0, 0.1) is 0 Å². The molecule has 1 N–H and O–H groups in total. The highest BCUT2D eigenvalue weighted by molar-refractivity contribution is 5.89. The van der Waals surface area contributed by atoms with Crippen LogP contribution in [0.25, 0.3) is 5.57 Å². The van der Waals surface area contributed by atoms with Gasteiger partial charge in [-0.25, -0.2) is 4.79 Å². The van der Waals surface area contributed by atoms with Crippen molar-refractivity contribution in [1.82, 2.24) is 0 Å². The maximum atomic E-state index is 10.9. The van der Waals surface area contributed by atoms with Crippen LogP contribution < -0.4 is 0 Å². The van der Waals surface area contributed by atoms with Gasteiger partial charge in [0.25, 0.3) is 0 Å². The summed E-state index contributed by atoms with van der Waals surface area (Å²) in [6.07, 6.45) is 4.35.